The summed E-state index contributed by atoms with van der Waals surface area (Å²) in [5.74, 6) is 2.49. The summed E-state index contributed by atoms with van der Waals surface area (Å²) in [5.41, 5.74) is 0. The van der Waals surface area contributed by atoms with Crippen molar-refractivity contribution in [2.24, 2.45) is 17.8 Å². The second kappa shape index (κ2) is 10.7. The van der Waals surface area contributed by atoms with Crippen molar-refractivity contribution in [1.82, 2.24) is 4.90 Å². The largest absolute Gasteiger partial charge is 0.300 e. The average molecular weight is 270 g/mol. The van der Waals surface area contributed by atoms with Crippen molar-refractivity contribution in [3.05, 3.63) is 0 Å². The predicted molar refractivity (Wildman–Crippen MR) is 88.6 cm³/mol. The normalized spacial score (nSPS) is 16.9. The van der Waals surface area contributed by atoms with E-state index in [0.29, 0.717) is 0 Å². The molecule has 1 nitrogen and oxygen atoms in total. The lowest BCUT2D eigenvalue weighted by molar-refractivity contribution is 0.136. The fourth-order valence-electron chi connectivity index (χ4n) is 3.23. The summed E-state index contributed by atoms with van der Waals surface area (Å²) < 4.78 is 0. The summed E-state index contributed by atoms with van der Waals surface area (Å²) in [7, 11) is 0. The SMILES string of the molecule is CCCC(C)CN(CC(C)CCC)C(C)CC(C)C. The minimum absolute atomic E-state index is 0.735. The second-order valence-electron chi connectivity index (χ2n) is 7.22. The molecule has 0 spiro atoms. The van der Waals surface area contributed by atoms with Gasteiger partial charge in [-0.3, -0.25) is 0 Å². The first-order chi connectivity index (χ1) is 8.90. The Balaban J connectivity index is 4.44. The van der Waals surface area contributed by atoms with Gasteiger partial charge in [-0.05, 0) is 43.9 Å². The highest BCUT2D eigenvalue weighted by molar-refractivity contribution is 4.73. The van der Waals surface area contributed by atoms with Gasteiger partial charge in [0.1, 0.15) is 0 Å². The molecule has 1 heteroatoms. The van der Waals surface area contributed by atoms with Gasteiger partial charge < -0.3 is 4.90 Å². The van der Waals surface area contributed by atoms with Crippen molar-refractivity contribution in [3.63, 3.8) is 0 Å². The van der Waals surface area contributed by atoms with Gasteiger partial charge in [0.15, 0.2) is 0 Å². The monoisotopic (exact) mass is 269 g/mol. The number of rotatable bonds is 11. The maximum atomic E-state index is 2.76. The van der Waals surface area contributed by atoms with Crippen LogP contribution in [0.2, 0.25) is 0 Å². The molecule has 116 valence electrons. The van der Waals surface area contributed by atoms with E-state index in [1.165, 1.54) is 45.2 Å². The van der Waals surface area contributed by atoms with E-state index in [-0.39, 0.29) is 0 Å². The van der Waals surface area contributed by atoms with Crippen molar-refractivity contribution < 1.29 is 0 Å². The molecule has 0 saturated carbocycles. The molecule has 3 unspecified atom stereocenters. The Bertz CT molecular complexity index is 186. The standard InChI is InChI=1S/C18H39N/c1-8-10-16(5)13-19(14-17(6)11-9-2)18(7)12-15(3)4/h15-18H,8-14H2,1-7H3. The van der Waals surface area contributed by atoms with Crippen LogP contribution in [-0.4, -0.2) is 24.0 Å². The van der Waals surface area contributed by atoms with Gasteiger partial charge in [0, 0.05) is 19.1 Å². The maximum absolute atomic E-state index is 2.76. The fraction of sp³-hybridized carbons (Fsp3) is 1.00. The van der Waals surface area contributed by atoms with E-state index in [2.05, 4.69) is 53.4 Å². The van der Waals surface area contributed by atoms with E-state index in [1.807, 2.05) is 0 Å². The van der Waals surface area contributed by atoms with E-state index < -0.39 is 0 Å². The highest BCUT2D eigenvalue weighted by Crippen LogP contribution is 2.18. The molecule has 19 heavy (non-hydrogen) atoms. The number of hydrogen-bond acceptors (Lipinski definition) is 1. The van der Waals surface area contributed by atoms with Crippen molar-refractivity contribution in [2.75, 3.05) is 13.1 Å². The summed E-state index contributed by atoms with van der Waals surface area (Å²) in [6.07, 6.45) is 6.70. The molecule has 0 aliphatic rings. The fourth-order valence-corrected chi connectivity index (χ4v) is 3.23. The van der Waals surface area contributed by atoms with Crippen LogP contribution in [0.4, 0.5) is 0 Å². The molecule has 0 amide bonds. The first-order valence-corrected chi connectivity index (χ1v) is 8.64. The second-order valence-corrected chi connectivity index (χ2v) is 7.22. The van der Waals surface area contributed by atoms with Gasteiger partial charge in [-0.15, -0.1) is 0 Å². The van der Waals surface area contributed by atoms with E-state index >= 15 is 0 Å². The van der Waals surface area contributed by atoms with Gasteiger partial charge >= 0.3 is 0 Å². The lowest BCUT2D eigenvalue weighted by Crippen LogP contribution is -2.40. The van der Waals surface area contributed by atoms with Crippen LogP contribution < -0.4 is 0 Å². The summed E-state index contributed by atoms with van der Waals surface area (Å²) in [4.78, 5) is 2.76. The van der Waals surface area contributed by atoms with Gasteiger partial charge in [0.25, 0.3) is 0 Å². The Labute approximate surface area is 123 Å². The van der Waals surface area contributed by atoms with E-state index in [4.69, 9.17) is 0 Å². The Kier molecular flexibility index (Phi) is 10.7. The molecule has 0 aromatic heterocycles. The third kappa shape index (κ3) is 9.49. The molecule has 0 aromatic carbocycles. The van der Waals surface area contributed by atoms with Crippen LogP contribution in [0.25, 0.3) is 0 Å². The third-order valence-corrected chi connectivity index (χ3v) is 4.09. The van der Waals surface area contributed by atoms with Crippen molar-refractivity contribution in [2.45, 2.75) is 86.6 Å². The van der Waals surface area contributed by atoms with Crippen LogP contribution >= 0.6 is 0 Å². The molecule has 0 rings (SSSR count). The molecule has 0 aliphatic heterocycles. The summed E-state index contributed by atoms with van der Waals surface area (Å²) >= 11 is 0. The lowest BCUT2D eigenvalue weighted by Gasteiger charge is -2.34. The number of nitrogens with zero attached hydrogens (tertiary/aromatic N) is 1. The third-order valence-electron chi connectivity index (χ3n) is 4.09. The molecular formula is C18H39N. The van der Waals surface area contributed by atoms with Crippen molar-refractivity contribution in [1.29, 1.82) is 0 Å². The van der Waals surface area contributed by atoms with Crippen LogP contribution in [0.15, 0.2) is 0 Å². The summed E-state index contributed by atoms with van der Waals surface area (Å²) in [6, 6.07) is 0.735. The van der Waals surface area contributed by atoms with E-state index in [9.17, 15) is 0 Å². The van der Waals surface area contributed by atoms with Crippen LogP contribution in [0.1, 0.15) is 80.6 Å². The molecular weight excluding hydrogens is 230 g/mol. The molecule has 0 bridgehead atoms. The quantitative estimate of drug-likeness (QED) is 0.472. The van der Waals surface area contributed by atoms with Crippen molar-refractivity contribution in [3.8, 4) is 0 Å². The molecule has 3 atom stereocenters. The molecule has 0 fully saturated rings. The minimum Gasteiger partial charge on any atom is -0.300 e. The van der Waals surface area contributed by atoms with Gasteiger partial charge in [-0.1, -0.05) is 54.4 Å². The molecule has 0 saturated heterocycles. The Hall–Kier alpha value is -0.0400. The molecule has 0 radical (unpaired) electrons. The predicted octanol–water partition coefficient (Wildman–Crippen LogP) is 5.60. The van der Waals surface area contributed by atoms with Gasteiger partial charge in [0.05, 0.1) is 0 Å². The zero-order valence-electron chi connectivity index (χ0n) is 14.7. The average Bonchev–Trinajstić information content (AvgIpc) is 2.27. The zero-order valence-corrected chi connectivity index (χ0v) is 14.7. The zero-order chi connectivity index (χ0) is 14.8. The first kappa shape index (κ1) is 19.0. The minimum atomic E-state index is 0.735. The first-order valence-electron chi connectivity index (χ1n) is 8.64. The summed E-state index contributed by atoms with van der Waals surface area (Å²) in [5, 5.41) is 0. The smallest absolute Gasteiger partial charge is 0.00695 e. The number of hydrogen-bond donors (Lipinski definition) is 0. The van der Waals surface area contributed by atoms with Gasteiger partial charge in [0.2, 0.25) is 0 Å². The van der Waals surface area contributed by atoms with Gasteiger partial charge in [-0.25, -0.2) is 0 Å². The molecule has 0 aliphatic carbocycles. The van der Waals surface area contributed by atoms with Crippen LogP contribution in [0.3, 0.4) is 0 Å². The highest BCUT2D eigenvalue weighted by atomic mass is 15.2. The van der Waals surface area contributed by atoms with Crippen molar-refractivity contribution >= 4 is 0 Å². The van der Waals surface area contributed by atoms with Crippen LogP contribution in [-0.2, 0) is 0 Å². The van der Waals surface area contributed by atoms with Crippen LogP contribution in [0.5, 0.6) is 0 Å². The summed E-state index contributed by atoms with van der Waals surface area (Å²) in [6.45, 7) is 19.1. The topological polar surface area (TPSA) is 3.24 Å². The molecule has 0 heterocycles. The maximum Gasteiger partial charge on any atom is 0.00695 e. The highest BCUT2D eigenvalue weighted by Gasteiger charge is 2.19. The Morgan fingerprint density at radius 1 is 0.737 bits per heavy atom. The van der Waals surface area contributed by atoms with Gasteiger partial charge in [-0.2, -0.15) is 0 Å². The molecule has 0 N–H and O–H groups in total. The Morgan fingerprint density at radius 3 is 1.47 bits per heavy atom. The lowest BCUT2D eigenvalue weighted by atomic mass is 9.98. The molecule has 0 aromatic rings. The van der Waals surface area contributed by atoms with Crippen LogP contribution in [0, 0.1) is 17.8 Å². The Morgan fingerprint density at radius 2 is 1.16 bits per heavy atom. The van der Waals surface area contributed by atoms with E-state index in [0.717, 1.165) is 23.8 Å². The van der Waals surface area contributed by atoms with E-state index in [1.54, 1.807) is 0 Å².